The molecule has 0 saturated carbocycles. The molecule has 5 nitrogen and oxygen atoms in total. The van der Waals surface area contributed by atoms with Crippen LogP contribution in [0.3, 0.4) is 0 Å². The monoisotopic (exact) mass is 378 g/mol. The zero-order chi connectivity index (χ0) is 20.1. The minimum Gasteiger partial charge on any atom is -0.366 e. The first kappa shape index (κ1) is 19.5. The van der Waals surface area contributed by atoms with Crippen LogP contribution in [0, 0.1) is 5.82 Å². The van der Waals surface area contributed by atoms with E-state index in [1.54, 1.807) is 24.3 Å². The largest absolute Gasteiger partial charge is 0.366 e. The predicted octanol–water partition coefficient (Wildman–Crippen LogP) is 4.42. The first-order valence-corrected chi connectivity index (χ1v) is 9.06. The predicted molar refractivity (Wildman–Crippen MR) is 108 cm³/mol. The Morgan fingerprint density at radius 3 is 2.36 bits per heavy atom. The van der Waals surface area contributed by atoms with E-state index in [1.165, 1.54) is 6.07 Å². The molecule has 0 aliphatic rings. The Hall–Kier alpha value is -3.28. The fourth-order valence-electron chi connectivity index (χ4n) is 2.60. The van der Waals surface area contributed by atoms with Crippen molar-refractivity contribution in [1.82, 2.24) is 15.3 Å². The van der Waals surface area contributed by atoms with E-state index in [9.17, 15) is 9.18 Å². The molecule has 0 fully saturated rings. The molecule has 3 rings (SSSR count). The summed E-state index contributed by atoms with van der Waals surface area (Å²) in [5.74, 6) is 0.299. The standard InChI is InChI=1S/C22H23FN4O/c1-22(2,3)27-21(28)18-13-19(24-14-16-11-7-8-12-17(16)23)26-20(25-18)15-9-5-4-6-10-15/h4-13H,14H2,1-3H3,(H,27,28)(H,24,25,26). The second-order valence-electron chi connectivity index (χ2n) is 7.48. The van der Waals surface area contributed by atoms with Gasteiger partial charge in [0.2, 0.25) is 0 Å². The van der Waals surface area contributed by atoms with Gasteiger partial charge in [0.25, 0.3) is 5.91 Å². The van der Waals surface area contributed by atoms with Crippen molar-refractivity contribution in [2.75, 3.05) is 5.32 Å². The lowest BCUT2D eigenvalue weighted by Crippen LogP contribution is -2.41. The fourth-order valence-corrected chi connectivity index (χ4v) is 2.60. The Kier molecular flexibility index (Phi) is 5.68. The quantitative estimate of drug-likeness (QED) is 0.690. The zero-order valence-electron chi connectivity index (χ0n) is 16.2. The number of anilines is 1. The van der Waals surface area contributed by atoms with E-state index in [-0.39, 0.29) is 24.0 Å². The molecular weight excluding hydrogens is 355 g/mol. The zero-order valence-corrected chi connectivity index (χ0v) is 16.2. The average Bonchev–Trinajstić information content (AvgIpc) is 2.66. The number of amides is 1. The van der Waals surface area contributed by atoms with Crippen molar-refractivity contribution in [1.29, 1.82) is 0 Å². The lowest BCUT2D eigenvalue weighted by atomic mass is 10.1. The Morgan fingerprint density at radius 1 is 1.00 bits per heavy atom. The molecule has 0 aliphatic heterocycles. The Morgan fingerprint density at radius 2 is 1.68 bits per heavy atom. The maximum Gasteiger partial charge on any atom is 0.270 e. The van der Waals surface area contributed by atoms with Gasteiger partial charge in [0.1, 0.15) is 17.3 Å². The van der Waals surface area contributed by atoms with Gasteiger partial charge in [-0.3, -0.25) is 4.79 Å². The molecule has 0 spiro atoms. The molecule has 3 aromatic rings. The van der Waals surface area contributed by atoms with Crippen LogP contribution in [0.2, 0.25) is 0 Å². The van der Waals surface area contributed by atoms with Gasteiger partial charge in [-0.25, -0.2) is 14.4 Å². The van der Waals surface area contributed by atoms with Gasteiger partial charge in [0.15, 0.2) is 5.82 Å². The topological polar surface area (TPSA) is 66.9 Å². The van der Waals surface area contributed by atoms with Crippen LogP contribution < -0.4 is 10.6 Å². The number of hydrogen-bond acceptors (Lipinski definition) is 4. The maximum absolute atomic E-state index is 13.9. The van der Waals surface area contributed by atoms with E-state index in [1.807, 2.05) is 51.1 Å². The highest BCUT2D eigenvalue weighted by Crippen LogP contribution is 2.19. The van der Waals surface area contributed by atoms with Gasteiger partial charge < -0.3 is 10.6 Å². The van der Waals surface area contributed by atoms with Crippen LogP contribution in [0.1, 0.15) is 36.8 Å². The summed E-state index contributed by atoms with van der Waals surface area (Å²) in [5.41, 5.74) is 1.17. The smallest absolute Gasteiger partial charge is 0.270 e. The number of rotatable bonds is 5. The molecular formula is C22H23FN4O. The summed E-state index contributed by atoms with van der Waals surface area (Å²) in [5, 5.41) is 6.01. The summed E-state index contributed by atoms with van der Waals surface area (Å²) in [4.78, 5) is 21.6. The summed E-state index contributed by atoms with van der Waals surface area (Å²) in [6, 6.07) is 17.5. The second-order valence-corrected chi connectivity index (χ2v) is 7.48. The van der Waals surface area contributed by atoms with Crippen LogP contribution in [0.4, 0.5) is 10.2 Å². The third-order valence-corrected chi connectivity index (χ3v) is 3.90. The summed E-state index contributed by atoms with van der Waals surface area (Å²) in [6.45, 7) is 5.96. The van der Waals surface area contributed by atoms with E-state index < -0.39 is 5.54 Å². The number of nitrogens with one attached hydrogen (secondary N) is 2. The van der Waals surface area contributed by atoms with Crippen molar-refractivity contribution in [3.63, 3.8) is 0 Å². The van der Waals surface area contributed by atoms with Crippen molar-refractivity contribution in [3.05, 3.63) is 77.7 Å². The lowest BCUT2D eigenvalue weighted by molar-refractivity contribution is 0.0914. The number of carbonyl (C=O) groups is 1. The highest BCUT2D eigenvalue weighted by molar-refractivity contribution is 5.93. The van der Waals surface area contributed by atoms with E-state index in [4.69, 9.17) is 0 Å². The molecule has 1 amide bonds. The molecule has 0 unspecified atom stereocenters. The minimum atomic E-state index is -0.393. The lowest BCUT2D eigenvalue weighted by Gasteiger charge is -2.20. The molecule has 144 valence electrons. The molecule has 6 heteroatoms. The first-order valence-electron chi connectivity index (χ1n) is 9.06. The number of aromatic nitrogens is 2. The van der Waals surface area contributed by atoms with E-state index in [0.29, 0.717) is 17.2 Å². The van der Waals surface area contributed by atoms with Crippen molar-refractivity contribution in [2.24, 2.45) is 0 Å². The van der Waals surface area contributed by atoms with Gasteiger partial charge in [-0.1, -0.05) is 48.5 Å². The second kappa shape index (κ2) is 8.17. The number of halogens is 1. The molecule has 0 radical (unpaired) electrons. The van der Waals surface area contributed by atoms with Crippen molar-refractivity contribution >= 4 is 11.7 Å². The van der Waals surface area contributed by atoms with Crippen LogP contribution in [0.25, 0.3) is 11.4 Å². The van der Waals surface area contributed by atoms with E-state index >= 15 is 0 Å². The molecule has 2 N–H and O–H groups in total. The van der Waals surface area contributed by atoms with Crippen LogP contribution in [0.5, 0.6) is 0 Å². The number of carbonyl (C=O) groups excluding carboxylic acids is 1. The van der Waals surface area contributed by atoms with Gasteiger partial charge in [-0.2, -0.15) is 0 Å². The van der Waals surface area contributed by atoms with Crippen LogP contribution in [-0.4, -0.2) is 21.4 Å². The van der Waals surface area contributed by atoms with Gasteiger partial charge in [0.05, 0.1) is 0 Å². The highest BCUT2D eigenvalue weighted by atomic mass is 19.1. The van der Waals surface area contributed by atoms with Gasteiger partial charge in [-0.15, -0.1) is 0 Å². The highest BCUT2D eigenvalue weighted by Gasteiger charge is 2.18. The van der Waals surface area contributed by atoms with E-state index in [0.717, 1.165) is 5.56 Å². The van der Waals surface area contributed by atoms with Crippen molar-refractivity contribution in [2.45, 2.75) is 32.9 Å². The summed E-state index contributed by atoms with van der Waals surface area (Å²) in [6.07, 6.45) is 0. The summed E-state index contributed by atoms with van der Waals surface area (Å²) < 4.78 is 13.9. The Labute approximate surface area is 164 Å². The fraction of sp³-hybridized carbons (Fsp3) is 0.227. The maximum atomic E-state index is 13.9. The number of benzene rings is 2. The molecule has 2 aromatic carbocycles. The summed E-state index contributed by atoms with van der Waals surface area (Å²) in [7, 11) is 0. The van der Waals surface area contributed by atoms with Gasteiger partial charge in [0, 0.05) is 29.3 Å². The average molecular weight is 378 g/mol. The molecule has 0 aliphatic carbocycles. The van der Waals surface area contributed by atoms with Crippen molar-refractivity contribution < 1.29 is 9.18 Å². The van der Waals surface area contributed by atoms with Crippen LogP contribution >= 0.6 is 0 Å². The first-order chi connectivity index (χ1) is 13.3. The number of hydrogen-bond donors (Lipinski definition) is 2. The van der Waals surface area contributed by atoms with Gasteiger partial charge >= 0.3 is 0 Å². The Balaban J connectivity index is 1.93. The normalized spacial score (nSPS) is 11.1. The number of nitrogens with zero attached hydrogens (tertiary/aromatic N) is 2. The Bertz CT molecular complexity index is 968. The van der Waals surface area contributed by atoms with Crippen molar-refractivity contribution in [3.8, 4) is 11.4 Å². The minimum absolute atomic E-state index is 0.248. The molecule has 1 heterocycles. The summed E-state index contributed by atoms with van der Waals surface area (Å²) >= 11 is 0. The third kappa shape index (κ3) is 5.13. The third-order valence-electron chi connectivity index (χ3n) is 3.90. The van der Waals surface area contributed by atoms with Gasteiger partial charge in [-0.05, 0) is 26.8 Å². The molecule has 0 atom stereocenters. The molecule has 0 bridgehead atoms. The molecule has 0 saturated heterocycles. The molecule has 1 aromatic heterocycles. The van der Waals surface area contributed by atoms with Crippen LogP contribution in [0.15, 0.2) is 60.7 Å². The van der Waals surface area contributed by atoms with E-state index in [2.05, 4.69) is 20.6 Å². The SMILES string of the molecule is CC(C)(C)NC(=O)c1cc(NCc2ccccc2F)nc(-c2ccccc2)n1. The molecule has 28 heavy (non-hydrogen) atoms. The van der Waals surface area contributed by atoms with Crippen LogP contribution in [-0.2, 0) is 6.54 Å².